The summed E-state index contributed by atoms with van der Waals surface area (Å²) < 4.78 is 5.21. The van der Waals surface area contributed by atoms with Crippen LogP contribution in [0.25, 0.3) is 0 Å². The van der Waals surface area contributed by atoms with Gasteiger partial charge in [-0.2, -0.15) is 0 Å². The summed E-state index contributed by atoms with van der Waals surface area (Å²) in [6.45, 7) is 4.42. The molecule has 1 aromatic carbocycles. The van der Waals surface area contributed by atoms with E-state index in [2.05, 4.69) is 30.4 Å². The van der Waals surface area contributed by atoms with Gasteiger partial charge in [-0.1, -0.05) is 42.8 Å². The number of rotatable bonds is 5. The zero-order valence-electron chi connectivity index (χ0n) is 13.0. The average Bonchev–Trinajstić information content (AvgIpc) is 2.74. The molecule has 0 heterocycles. The largest absolute Gasteiger partial charge is 0.463 e. The van der Waals surface area contributed by atoms with E-state index in [1.54, 1.807) is 0 Å². The lowest BCUT2D eigenvalue weighted by atomic mass is 10.0. The summed E-state index contributed by atoms with van der Waals surface area (Å²) in [6.07, 6.45) is 6.29. The number of hydrogen-bond acceptors (Lipinski definition) is 3. The molecule has 0 unspecified atom stereocenters. The van der Waals surface area contributed by atoms with Crippen LogP contribution in [-0.4, -0.2) is 18.6 Å². The van der Waals surface area contributed by atoms with Gasteiger partial charge >= 0.3 is 5.97 Å². The van der Waals surface area contributed by atoms with Crippen molar-refractivity contribution in [3.63, 3.8) is 0 Å². The Kier molecular flexibility index (Phi) is 6.00. The van der Waals surface area contributed by atoms with Crippen molar-refractivity contribution in [2.75, 3.05) is 6.61 Å². The van der Waals surface area contributed by atoms with Crippen LogP contribution in [0.1, 0.15) is 51.1 Å². The molecule has 1 aliphatic rings. The summed E-state index contributed by atoms with van der Waals surface area (Å²) in [5.41, 5.74) is 2.04. The molecule has 2 atom stereocenters. The Morgan fingerprint density at radius 1 is 1.33 bits per heavy atom. The van der Waals surface area contributed by atoms with Crippen LogP contribution in [0.3, 0.4) is 0 Å². The maximum atomic E-state index is 12.1. The molecule has 21 heavy (non-hydrogen) atoms. The van der Waals surface area contributed by atoms with Gasteiger partial charge in [-0.3, -0.25) is 0 Å². The number of carbonyl (C=O) groups is 1. The van der Waals surface area contributed by atoms with Gasteiger partial charge in [-0.05, 0) is 38.7 Å². The smallest absolute Gasteiger partial charge is 0.335 e. The van der Waals surface area contributed by atoms with E-state index in [0.29, 0.717) is 6.61 Å². The van der Waals surface area contributed by atoms with Crippen molar-refractivity contribution in [3.05, 3.63) is 47.5 Å². The van der Waals surface area contributed by atoms with E-state index >= 15 is 0 Å². The topological polar surface area (TPSA) is 38.3 Å². The van der Waals surface area contributed by atoms with Gasteiger partial charge in [0.2, 0.25) is 0 Å². The molecule has 0 aliphatic heterocycles. The second-order valence-electron chi connectivity index (χ2n) is 5.52. The summed E-state index contributed by atoms with van der Waals surface area (Å²) in [6, 6.07) is 10.6. The van der Waals surface area contributed by atoms with Crippen LogP contribution < -0.4 is 5.32 Å². The second-order valence-corrected chi connectivity index (χ2v) is 5.52. The molecule has 0 fully saturated rings. The zero-order chi connectivity index (χ0) is 15.1. The molecule has 0 saturated heterocycles. The van der Waals surface area contributed by atoms with Crippen LogP contribution in [0.15, 0.2) is 42.0 Å². The lowest BCUT2D eigenvalue weighted by molar-refractivity contribution is -0.138. The molecule has 0 saturated carbocycles. The molecule has 1 aromatic rings. The third kappa shape index (κ3) is 4.43. The Labute approximate surface area is 127 Å². The number of ether oxygens (including phenoxy) is 1. The Balaban J connectivity index is 2.09. The van der Waals surface area contributed by atoms with Crippen molar-refractivity contribution < 1.29 is 9.53 Å². The Morgan fingerprint density at radius 3 is 2.81 bits per heavy atom. The normalized spacial score (nSPS) is 20.3. The predicted molar refractivity (Wildman–Crippen MR) is 85.0 cm³/mol. The molecule has 0 bridgehead atoms. The zero-order valence-corrected chi connectivity index (χ0v) is 13.0. The van der Waals surface area contributed by atoms with Gasteiger partial charge in [0.25, 0.3) is 0 Å². The minimum Gasteiger partial charge on any atom is -0.463 e. The first-order chi connectivity index (χ1) is 10.2. The van der Waals surface area contributed by atoms with Crippen LogP contribution in [0.5, 0.6) is 0 Å². The van der Waals surface area contributed by atoms with Crippen LogP contribution in [-0.2, 0) is 9.53 Å². The lowest BCUT2D eigenvalue weighted by Gasteiger charge is -2.24. The van der Waals surface area contributed by atoms with E-state index in [9.17, 15) is 4.79 Å². The van der Waals surface area contributed by atoms with Gasteiger partial charge in [0, 0.05) is 12.1 Å². The first kappa shape index (κ1) is 15.8. The molecular formula is C18H25NO2. The summed E-state index contributed by atoms with van der Waals surface area (Å²) in [5.74, 6) is -0.169. The van der Waals surface area contributed by atoms with Gasteiger partial charge in [0.1, 0.15) is 0 Å². The number of allylic oxidation sites excluding steroid dienone is 1. The van der Waals surface area contributed by atoms with Crippen LogP contribution in [0.2, 0.25) is 0 Å². The fraction of sp³-hybridized carbons (Fsp3) is 0.500. The van der Waals surface area contributed by atoms with Crippen molar-refractivity contribution in [3.8, 4) is 0 Å². The number of hydrogen-bond donors (Lipinski definition) is 1. The van der Waals surface area contributed by atoms with Gasteiger partial charge in [-0.15, -0.1) is 0 Å². The maximum Gasteiger partial charge on any atom is 0.335 e. The molecule has 1 aliphatic carbocycles. The Bertz CT molecular complexity index is 481. The third-order valence-corrected chi connectivity index (χ3v) is 3.95. The summed E-state index contributed by atoms with van der Waals surface area (Å²) in [7, 11) is 0. The average molecular weight is 287 g/mol. The van der Waals surface area contributed by atoms with E-state index in [0.717, 1.165) is 31.3 Å². The van der Waals surface area contributed by atoms with E-state index in [1.165, 1.54) is 5.56 Å². The predicted octanol–water partition coefficient (Wildman–Crippen LogP) is 3.77. The molecule has 3 nitrogen and oxygen atoms in total. The maximum absolute atomic E-state index is 12.1. The minimum absolute atomic E-state index is 0.0850. The van der Waals surface area contributed by atoms with Crippen LogP contribution in [0.4, 0.5) is 0 Å². The van der Waals surface area contributed by atoms with Crippen molar-refractivity contribution in [1.29, 1.82) is 0 Å². The van der Waals surface area contributed by atoms with Crippen LogP contribution in [0, 0.1) is 0 Å². The fourth-order valence-corrected chi connectivity index (χ4v) is 2.80. The second kappa shape index (κ2) is 7.99. The number of benzene rings is 1. The van der Waals surface area contributed by atoms with Crippen LogP contribution >= 0.6 is 0 Å². The fourth-order valence-electron chi connectivity index (χ4n) is 2.80. The highest BCUT2D eigenvalue weighted by Gasteiger charge is 2.24. The first-order valence-corrected chi connectivity index (χ1v) is 7.90. The molecule has 3 heteroatoms. The van der Waals surface area contributed by atoms with Crippen molar-refractivity contribution in [2.24, 2.45) is 0 Å². The minimum atomic E-state index is -0.169. The van der Waals surface area contributed by atoms with Crippen molar-refractivity contribution in [1.82, 2.24) is 5.32 Å². The Hall–Kier alpha value is -1.61. The molecule has 114 valence electrons. The van der Waals surface area contributed by atoms with Gasteiger partial charge in [0.05, 0.1) is 12.2 Å². The summed E-state index contributed by atoms with van der Waals surface area (Å²) in [4.78, 5) is 12.1. The standard InChI is InChI=1S/C18H25NO2/c1-3-21-18(20)16-12-8-5-9-13-17(16)19-14(2)15-10-6-4-7-11-15/h4,6-7,10-12,14,17,19H,3,5,8-9,13H2,1-2H3/t14-,17-/m0/s1. The number of carbonyl (C=O) groups excluding carboxylic acids is 1. The molecule has 0 aromatic heterocycles. The monoisotopic (exact) mass is 287 g/mol. The van der Waals surface area contributed by atoms with E-state index < -0.39 is 0 Å². The highest BCUT2D eigenvalue weighted by Crippen LogP contribution is 2.22. The van der Waals surface area contributed by atoms with E-state index in [-0.39, 0.29) is 18.1 Å². The van der Waals surface area contributed by atoms with Crippen molar-refractivity contribution >= 4 is 5.97 Å². The molecule has 2 rings (SSSR count). The molecule has 0 spiro atoms. The van der Waals surface area contributed by atoms with Gasteiger partial charge in [-0.25, -0.2) is 4.79 Å². The molecule has 0 radical (unpaired) electrons. The molecular weight excluding hydrogens is 262 g/mol. The van der Waals surface area contributed by atoms with Gasteiger partial charge < -0.3 is 10.1 Å². The highest BCUT2D eigenvalue weighted by atomic mass is 16.5. The quantitative estimate of drug-likeness (QED) is 0.838. The number of esters is 1. The Morgan fingerprint density at radius 2 is 2.10 bits per heavy atom. The third-order valence-electron chi connectivity index (χ3n) is 3.95. The highest BCUT2D eigenvalue weighted by molar-refractivity contribution is 5.89. The molecule has 1 N–H and O–H groups in total. The lowest BCUT2D eigenvalue weighted by Crippen LogP contribution is -2.36. The first-order valence-electron chi connectivity index (χ1n) is 7.90. The van der Waals surface area contributed by atoms with Gasteiger partial charge in [0.15, 0.2) is 0 Å². The van der Waals surface area contributed by atoms with Crippen molar-refractivity contribution in [2.45, 2.75) is 51.6 Å². The molecule has 0 amide bonds. The van der Waals surface area contributed by atoms with E-state index in [1.807, 2.05) is 25.1 Å². The number of nitrogens with one attached hydrogen (secondary N) is 1. The summed E-state index contributed by atoms with van der Waals surface area (Å²) >= 11 is 0. The van der Waals surface area contributed by atoms with E-state index in [4.69, 9.17) is 4.74 Å². The summed E-state index contributed by atoms with van der Waals surface area (Å²) in [5, 5.41) is 3.60. The SMILES string of the molecule is CCOC(=O)C1=CCCCC[C@@H]1N[C@@H](C)c1ccccc1.